The Morgan fingerprint density at radius 3 is 2.53 bits per heavy atom. The van der Waals surface area contributed by atoms with Crippen molar-refractivity contribution < 1.29 is 9.59 Å². The van der Waals surface area contributed by atoms with Gasteiger partial charge in [0.25, 0.3) is 5.91 Å². The van der Waals surface area contributed by atoms with Crippen molar-refractivity contribution in [2.45, 2.75) is 25.3 Å². The van der Waals surface area contributed by atoms with Crippen molar-refractivity contribution in [3.05, 3.63) is 69.7 Å². The molecule has 2 fully saturated rings. The highest BCUT2D eigenvalue weighted by Crippen LogP contribution is 2.26. The minimum Gasteiger partial charge on any atom is -0.334 e. The van der Waals surface area contributed by atoms with Crippen molar-refractivity contribution >= 4 is 41.1 Å². The molecule has 2 aromatic carbocycles. The molecule has 4 rings (SSSR count). The third-order valence-corrected chi connectivity index (χ3v) is 5.99. The molecule has 30 heavy (non-hydrogen) atoms. The molecule has 2 aliphatic rings. The lowest BCUT2D eigenvalue weighted by Crippen LogP contribution is -2.65. The molecule has 0 bridgehead atoms. The number of rotatable bonds is 4. The average Bonchev–Trinajstić information content (AvgIpc) is 3.06. The van der Waals surface area contributed by atoms with Crippen molar-refractivity contribution in [2.75, 3.05) is 14.1 Å². The van der Waals surface area contributed by atoms with Crippen molar-refractivity contribution in [3.63, 3.8) is 0 Å². The largest absolute Gasteiger partial charge is 0.334 e. The van der Waals surface area contributed by atoms with E-state index in [1.54, 1.807) is 37.2 Å². The second-order valence-corrected chi connectivity index (χ2v) is 8.17. The molecule has 2 aromatic rings. The Kier molecular flexibility index (Phi) is 5.58. The van der Waals surface area contributed by atoms with Gasteiger partial charge in [-0.15, -0.1) is 0 Å². The van der Waals surface area contributed by atoms with Gasteiger partial charge in [-0.05, 0) is 29.3 Å². The molecule has 1 N–H and O–H groups in total. The van der Waals surface area contributed by atoms with E-state index in [9.17, 15) is 9.59 Å². The summed E-state index contributed by atoms with van der Waals surface area (Å²) in [6, 6.07) is 13.7. The van der Waals surface area contributed by atoms with Crippen LogP contribution in [-0.2, 0) is 17.9 Å². The molecule has 3 amide bonds. The number of nitrogens with one attached hydrogen (secondary N) is 1. The fraction of sp³-hybridized carbons (Fsp3) is 0.286. The Morgan fingerprint density at radius 1 is 1.03 bits per heavy atom. The van der Waals surface area contributed by atoms with E-state index in [-0.39, 0.29) is 18.5 Å². The average molecular weight is 446 g/mol. The Morgan fingerprint density at radius 2 is 1.80 bits per heavy atom. The molecular weight excluding hydrogens is 425 g/mol. The first-order valence-corrected chi connectivity index (χ1v) is 10.2. The first-order chi connectivity index (χ1) is 14.4. The Hall–Kier alpha value is -2.77. The zero-order chi connectivity index (χ0) is 21.4. The van der Waals surface area contributed by atoms with E-state index in [0.717, 1.165) is 11.1 Å². The van der Waals surface area contributed by atoms with Gasteiger partial charge in [0.2, 0.25) is 0 Å². The van der Waals surface area contributed by atoms with Crippen molar-refractivity contribution in [2.24, 2.45) is 4.99 Å². The molecule has 2 saturated heterocycles. The summed E-state index contributed by atoms with van der Waals surface area (Å²) in [7, 11) is 3.47. The summed E-state index contributed by atoms with van der Waals surface area (Å²) in [6.45, 7) is 0.523. The van der Waals surface area contributed by atoms with Crippen LogP contribution in [0.1, 0.15) is 11.1 Å². The molecule has 9 heteroatoms. The maximum Gasteiger partial charge on any atom is 0.328 e. The van der Waals surface area contributed by atoms with E-state index in [1.807, 2.05) is 30.3 Å². The van der Waals surface area contributed by atoms with Crippen LogP contribution < -0.4 is 5.32 Å². The SMILES string of the molecule is CN1C(=O)N(Cc2cccc(Cl)c2)C(=O)C2C1NC(=NCc1ccccc1Cl)N2C. The molecule has 2 heterocycles. The van der Waals surface area contributed by atoms with E-state index in [0.29, 0.717) is 22.5 Å². The highest BCUT2D eigenvalue weighted by molar-refractivity contribution is 6.31. The van der Waals surface area contributed by atoms with Crippen LogP contribution in [0.5, 0.6) is 0 Å². The van der Waals surface area contributed by atoms with Gasteiger partial charge in [-0.3, -0.25) is 9.69 Å². The van der Waals surface area contributed by atoms with Crippen LogP contribution >= 0.6 is 23.2 Å². The molecule has 7 nitrogen and oxygen atoms in total. The summed E-state index contributed by atoms with van der Waals surface area (Å²) >= 11 is 12.3. The minimum absolute atomic E-state index is 0.158. The molecule has 0 saturated carbocycles. The maximum atomic E-state index is 13.2. The molecule has 2 atom stereocenters. The number of benzene rings is 2. The van der Waals surface area contributed by atoms with Crippen LogP contribution in [0.4, 0.5) is 4.79 Å². The third kappa shape index (κ3) is 3.70. The van der Waals surface area contributed by atoms with Crippen molar-refractivity contribution in [3.8, 4) is 0 Å². The fourth-order valence-corrected chi connectivity index (χ4v) is 4.14. The number of hydrogen-bond donors (Lipinski definition) is 1. The van der Waals surface area contributed by atoms with Crippen LogP contribution in [-0.4, -0.2) is 58.9 Å². The predicted octanol–water partition coefficient (Wildman–Crippen LogP) is 3.17. The monoisotopic (exact) mass is 445 g/mol. The van der Waals surface area contributed by atoms with Gasteiger partial charge in [0.15, 0.2) is 12.0 Å². The van der Waals surface area contributed by atoms with Crippen molar-refractivity contribution in [1.29, 1.82) is 0 Å². The number of likely N-dealkylation sites (N-methyl/N-ethyl adjacent to an activating group) is 2. The van der Waals surface area contributed by atoms with Gasteiger partial charge in [0, 0.05) is 24.1 Å². The number of imide groups is 1. The maximum absolute atomic E-state index is 13.2. The summed E-state index contributed by atoms with van der Waals surface area (Å²) in [5.74, 6) is 0.267. The number of carbonyl (C=O) groups excluding carboxylic acids is 2. The Labute approximate surface area is 184 Å². The lowest BCUT2D eigenvalue weighted by atomic mass is 10.1. The van der Waals surface area contributed by atoms with Crippen LogP contribution in [0.15, 0.2) is 53.5 Å². The summed E-state index contributed by atoms with van der Waals surface area (Å²) in [6.07, 6.45) is -0.490. The van der Waals surface area contributed by atoms with Gasteiger partial charge in [-0.2, -0.15) is 0 Å². The normalized spacial score (nSPS) is 22.5. The number of carbonyl (C=O) groups is 2. The molecule has 0 aliphatic carbocycles. The molecule has 156 valence electrons. The molecule has 2 unspecified atom stereocenters. The van der Waals surface area contributed by atoms with E-state index >= 15 is 0 Å². The zero-order valence-corrected chi connectivity index (χ0v) is 18.1. The fourth-order valence-electron chi connectivity index (χ4n) is 3.74. The molecular formula is C21H21Cl2N5O2. The van der Waals surface area contributed by atoms with Crippen LogP contribution in [0, 0.1) is 0 Å². The zero-order valence-electron chi connectivity index (χ0n) is 16.5. The highest BCUT2D eigenvalue weighted by atomic mass is 35.5. The highest BCUT2D eigenvalue weighted by Gasteiger charge is 2.51. The Bertz CT molecular complexity index is 1030. The number of nitrogens with zero attached hydrogens (tertiary/aromatic N) is 4. The number of halogens is 2. The second-order valence-electron chi connectivity index (χ2n) is 7.32. The second kappa shape index (κ2) is 8.16. The lowest BCUT2D eigenvalue weighted by molar-refractivity contribution is -0.137. The van der Waals surface area contributed by atoms with E-state index < -0.39 is 12.2 Å². The summed E-state index contributed by atoms with van der Waals surface area (Å²) in [4.78, 5) is 35.3. The number of hydrogen-bond acceptors (Lipinski definition) is 3. The quantitative estimate of drug-likeness (QED) is 0.784. The smallest absolute Gasteiger partial charge is 0.328 e. The number of urea groups is 1. The van der Waals surface area contributed by atoms with Gasteiger partial charge in [-0.1, -0.05) is 53.5 Å². The molecule has 0 spiro atoms. The molecule has 0 radical (unpaired) electrons. The first kappa shape index (κ1) is 20.5. The predicted molar refractivity (Wildman–Crippen MR) is 116 cm³/mol. The molecule has 0 aromatic heterocycles. The van der Waals surface area contributed by atoms with Crippen LogP contribution in [0.3, 0.4) is 0 Å². The topological polar surface area (TPSA) is 68.2 Å². The standard InChI is InChI=1S/C21H21Cl2N5O2/c1-26-17-18(25-20(26)24-11-14-7-3-4-9-16(14)23)27(2)21(30)28(19(17)29)12-13-6-5-8-15(22)10-13/h3-10,17-18H,11-12H2,1-2H3,(H,24,25). The third-order valence-electron chi connectivity index (χ3n) is 5.38. The lowest BCUT2D eigenvalue weighted by Gasteiger charge is -2.40. The number of guanidine groups is 1. The summed E-state index contributed by atoms with van der Waals surface area (Å²) < 4.78 is 0. The van der Waals surface area contributed by atoms with Gasteiger partial charge in [0.1, 0.15) is 6.17 Å². The summed E-state index contributed by atoms with van der Waals surface area (Å²) in [5.41, 5.74) is 1.67. The minimum atomic E-state index is -0.572. The van der Waals surface area contributed by atoms with Gasteiger partial charge in [0.05, 0.1) is 13.1 Å². The van der Waals surface area contributed by atoms with Crippen LogP contribution in [0.25, 0.3) is 0 Å². The number of aliphatic imine (C=N–C) groups is 1. The van der Waals surface area contributed by atoms with Gasteiger partial charge in [-0.25, -0.2) is 9.79 Å². The van der Waals surface area contributed by atoms with E-state index in [1.165, 1.54) is 9.80 Å². The van der Waals surface area contributed by atoms with Crippen LogP contribution in [0.2, 0.25) is 10.0 Å². The number of fused-ring (bicyclic) bond motifs is 1. The summed E-state index contributed by atoms with van der Waals surface area (Å²) in [5, 5.41) is 4.40. The number of amides is 3. The first-order valence-electron chi connectivity index (χ1n) is 9.46. The van der Waals surface area contributed by atoms with Gasteiger partial charge < -0.3 is 15.1 Å². The van der Waals surface area contributed by atoms with Gasteiger partial charge >= 0.3 is 6.03 Å². The Balaban J connectivity index is 1.56. The molecule has 2 aliphatic heterocycles. The van der Waals surface area contributed by atoms with E-state index in [4.69, 9.17) is 23.2 Å². The van der Waals surface area contributed by atoms with E-state index in [2.05, 4.69) is 10.3 Å². The van der Waals surface area contributed by atoms with Crippen molar-refractivity contribution in [1.82, 2.24) is 20.0 Å².